The van der Waals surface area contributed by atoms with Crippen LogP contribution >= 0.6 is 0 Å². The van der Waals surface area contributed by atoms with Gasteiger partial charge in [-0.2, -0.15) is 4.98 Å². The summed E-state index contributed by atoms with van der Waals surface area (Å²) < 4.78 is 12.7. The van der Waals surface area contributed by atoms with Gasteiger partial charge in [0, 0.05) is 50.6 Å². The summed E-state index contributed by atoms with van der Waals surface area (Å²) in [5.41, 5.74) is 0.922. The molecule has 0 spiro atoms. The van der Waals surface area contributed by atoms with Gasteiger partial charge < -0.3 is 24.5 Å². The Morgan fingerprint density at radius 1 is 1.10 bits per heavy atom. The number of hydrogen-bond acceptors (Lipinski definition) is 5. The summed E-state index contributed by atoms with van der Waals surface area (Å²) in [6.07, 6.45) is 7.99. The van der Waals surface area contributed by atoms with Gasteiger partial charge in [-0.1, -0.05) is 11.6 Å². The van der Waals surface area contributed by atoms with Crippen LogP contribution in [0.3, 0.4) is 0 Å². The van der Waals surface area contributed by atoms with Gasteiger partial charge >= 0.3 is 0 Å². The number of ether oxygens (including phenoxy) is 1. The molecule has 2 N–H and O–H groups in total. The quantitative estimate of drug-likeness (QED) is 0.263. The third-order valence-electron chi connectivity index (χ3n) is 4.81. The van der Waals surface area contributed by atoms with E-state index >= 15 is 0 Å². The highest BCUT2D eigenvalue weighted by Crippen LogP contribution is 2.20. The number of unbranched alkanes of at least 4 members (excludes halogenated alkanes) is 2. The average Bonchev–Trinajstić information content (AvgIpc) is 3.48. The maximum Gasteiger partial charge on any atom is 0.226 e. The van der Waals surface area contributed by atoms with Crippen LogP contribution in [0, 0.1) is 0 Å². The first-order valence-electron chi connectivity index (χ1n) is 10.9. The van der Waals surface area contributed by atoms with Gasteiger partial charge in [0.1, 0.15) is 5.75 Å². The van der Waals surface area contributed by atoms with E-state index in [1.54, 1.807) is 7.11 Å². The van der Waals surface area contributed by atoms with Crippen LogP contribution in [-0.4, -0.2) is 47.4 Å². The molecule has 2 aromatic heterocycles. The van der Waals surface area contributed by atoms with Crippen molar-refractivity contribution < 1.29 is 9.26 Å². The van der Waals surface area contributed by atoms with Crippen molar-refractivity contribution >= 4 is 5.96 Å². The molecule has 0 saturated heterocycles. The van der Waals surface area contributed by atoms with E-state index in [1.807, 2.05) is 36.4 Å². The number of methoxy groups -OCH3 is 1. The molecule has 0 atom stereocenters. The van der Waals surface area contributed by atoms with Crippen molar-refractivity contribution in [2.75, 3.05) is 26.7 Å². The molecule has 0 aliphatic rings. The lowest BCUT2D eigenvalue weighted by molar-refractivity contribution is 0.374. The lowest BCUT2D eigenvalue weighted by atomic mass is 10.2. The van der Waals surface area contributed by atoms with Crippen molar-refractivity contribution in [3.05, 3.63) is 54.7 Å². The Bertz CT molecular complexity index is 903. The van der Waals surface area contributed by atoms with Gasteiger partial charge in [0.25, 0.3) is 0 Å². The molecule has 0 aliphatic heterocycles. The number of rotatable bonds is 12. The molecule has 3 rings (SSSR count). The van der Waals surface area contributed by atoms with Crippen LogP contribution < -0.4 is 15.4 Å². The Morgan fingerprint density at radius 3 is 2.65 bits per heavy atom. The molecule has 0 bridgehead atoms. The monoisotopic (exact) mass is 424 g/mol. The second kappa shape index (κ2) is 12.4. The van der Waals surface area contributed by atoms with E-state index in [9.17, 15) is 0 Å². The second-order valence-electron chi connectivity index (χ2n) is 7.16. The summed E-state index contributed by atoms with van der Waals surface area (Å²) in [6, 6.07) is 11.7. The summed E-state index contributed by atoms with van der Waals surface area (Å²) >= 11 is 0. The molecule has 31 heavy (non-hydrogen) atoms. The van der Waals surface area contributed by atoms with E-state index in [0.717, 1.165) is 69.1 Å². The summed E-state index contributed by atoms with van der Waals surface area (Å²) in [5.74, 6) is 2.97. The van der Waals surface area contributed by atoms with Crippen LogP contribution in [0.5, 0.6) is 5.75 Å². The normalized spacial score (nSPS) is 11.5. The predicted octanol–water partition coefficient (Wildman–Crippen LogP) is 3.51. The van der Waals surface area contributed by atoms with Crippen molar-refractivity contribution in [3.8, 4) is 17.1 Å². The minimum Gasteiger partial charge on any atom is -0.497 e. The lowest BCUT2D eigenvalue weighted by Gasteiger charge is -2.11. The zero-order valence-electron chi connectivity index (χ0n) is 18.4. The third-order valence-corrected chi connectivity index (χ3v) is 4.81. The van der Waals surface area contributed by atoms with Crippen LogP contribution in [0.4, 0.5) is 0 Å². The van der Waals surface area contributed by atoms with Crippen LogP contribution in [0.1, 0.15) is 32.1 Å². The number of aliphatic imine (C=N–C) groups is 1. The smallest absolute Gasteiger partial charge is 0.226 e. The maximum absolute atomic E-state index is 5.39. The largest absolute Gasteiger partial charge is 0.497 e. The van der Waals surface area contributed by atoms with Crippen molar-refractivity contribution in [2.24, 2.45) is 4.99 Å². The van der Waals surface area contributed by atoms with Crippen LogP contribution in [0.15, 0.2) is 58.3 Å². The number of guanidine groups is 1. The summed E-state index contributed by atoms with van der Waals surface area (Å²) in [7, 11) is 1.65. The Hall–Kier alpha value is -3.29. The van der Waals surface area contributed by atoms with Crippen LogP contribution in [0.2, 0.25) is 0 Å². The molecule has 1 aromatic carbocycles. The summed E-state index contributed by atoms with van der Waals surface area (Å²) in [6.45, 7) is 5.48. The molecule has 0 aliphatic carbocycles. The van der Waals surface area contributed by atoms with Crippen molar-refractivity contribution in [3.63, 3.8) is 0 Å². The molecular formula is C23H32N6O2. The first-order chi connectivity index (χ1) is 15.3. The molecule has 8 nitrogen and oxygen atoms in total. The fourth-order valence-electron chi connectivity index (χ4n) is 3.13. The number of hydrogen-bond donors (Lipinski definition) is 2. The highest BCUT2D eigenvalue weighted by atomic mass is 16.5. The van der Waals surface area contributed by atoms with E-state index in [-0.39, 0.29) is 0 Å². The van der Waals surface area contributed by atoms with E-state index < -0.39 is 0 Å². The molecule has 0 saturated carbocycles. The van der Waals surface area contributed by atoms with E-state index in [1.165, 1.54) is 0 Å². The zero-order valence-corrected chi connectivity index (χ0v) is 18.4. The van der Waals surface area contributed by atoms with Gasteiger partial charge in [-0.05, 0) is 56.2 Å². The summed E-state index contributed by atoms with van der Waals surface area (Å²) in [4.78, 5) is 9.15. The van der Waals surface area contributed by atoms with Crippen molar-refractivity contribution in [1.82, 2.24) is 25.3 Å². The fourth-order valence-corrected chi connectivity index (χ4v) is 3.13. The molecule has 3 aromatic rings. The fraction of sp³-hybridized carbons (Fsp3) is 0.435. The minimum absolute atomic E-state index is 0.614. The molecule has 0 fully saturated rings. The molecule has 0 amide bonds. The Morgan fingerprint density at radius 2 is 1.90 bits per heavy atom. The number of nitrogens with one attached hydrogen (secondary N) is 2. The minimum atomic E-state index is 0.614. The number of aromatic nitrogens is 3. The molecule has 0 unspecified atom stereocenters. The van der Waals surface area contributed by atoms with Crippen LogP contribution in [-0.2, 0) is 13.0 Å². The first-order valence-corrected chi connectivity index (χ1v) is 10.9. The zero-order chi connectivity index (χ0) is 21.7. The molecular weight excluding hydrogens is 392 g/mol. The second-order valence-corrected chi connectivity index (χ2v) is 7.16. The van der Waals surface area contributed by atoms with E-state index in [0.29, 0.717) is 11.7 Å². The third kappa shape index (κ3) is 7.47. The molecule has 2 heterocycles. The van der Waals surface area contributed by atoms with Crippen molar-refractivity contribution in [1.29, 1.82) is 0 Å². The highest BCUT2D eigenvalue weighted by molar-refractivity contribution is 5.79. The van der Waals surface area contributed by atoms with Crippen LogP contribution in [0.25, 0.3) is 11.4 Å². The topological polar surface area (TPSA) is 89.5 Å². The standard InChI is InChI=1S/C23H32N6O2/c1-3-24-23(26-15-18-29-16-7-8-17-29)25-14-6-4-5-9-21-27-22(28-31-21)19-10-12-20(30-2)13-11-19/h7-8,10-13,16-17H,3-6,9,14-15,18H2,1-2H3,(H2,24,25,26). The molecule has 166 valence electrons. The van der Waals surface area contributed by atoms with Gasteiger partial charge in [-0.3, -0.25) is 4.99 Å². The van der Waals surface area contributed by atoms with E-state index in [2.05, 4.69) is 49.7 Å². The van der Waals surface area contributed by atoms with Gasteiger partial charge in [0.05, 0.1) is 7.11 Å². The van der Waals surface area contributed by atoms with Gasteiger partial charge in [-0.15, -0.1) is 0 Å². The Labute approximate surface area is 183 Å². The average molecular weight is 425 g/mol. The van der Waals surface area contributed by atoms with Gasteiger partial charge in [0.15, 0.2) is 5.96 Å². The first kappa shape index (κ1) is 22.4. The molecule has 8 heteroatoms. The SMILES string of the molecule is CCNC(=NCCCCCc1nc(-c2ccc(OC)cc2)no1)NCCn1cccc1. The predicted molar refractivity (Wildman–Crippen MR) is 122 cm³/mol. The summed E-state index contributed by atoms with van der Waals surface area (Å²) in [5, 5.41) is 10.8. The van der Waals surface area contributed by atoms with Gasteiger partial charge in [-0.25, -0.2) is 0 Å². The Kier molecular flexibility index (Phi) is 8.97. The van der Waals surface area contributed by atoms with Crippen molar-refractivity contribution in [2.45, 2.75) is 39.2 Å². The lowest BCUT2D eigenvalue weighted by Crippen LogP contribution is -2.38. The Balaban J connectivity index is 1.34. The number of aryl methyl sites for hydroxylation is 1. The van der Waals surface area contributed by atoms with Gasteiger partial charge in [0.2, 0.25) is 11.7 Å². The molecule has 0 radical (unpaired) electrons. The number of benzene rings is 1. The maximum atomic E-state index is 5.39. The number of nitrogens with zero attached hydrogens (tertiary/aromatic N) is 4. The van der Waals surface area contributed by atoms with E-state index in [4.69, 9.17) is 9.26 Å². The highest BCUT2D eigenvalue weighted by Gasteiger charge is 2.08.